The first-order valence-corrected chi connectivity index (χ1v) is 6.52. The maximum atomic E-state index is 11.7. The normalized spacial score (nSPS) is 14.2. The highest BCUT2D eigenvalue weighted by molar-refractivity contribution is 5.68. The van der Waals surface area contributed by atoms with Crippen LogP contribution in [0.4, 0.5) is 11.5 Å². The highest BCUT2D eigenvalue weighted by atomic mass is 16.5. The summed E-state index contributed by atoms with van der Waals surface area (Å²) in [7, 11) is 0. The van der Waals surface area contributed by atoms with Crippen molar-refractivity contribution in [2.24, 2.45) is 5.92 Å². The molecule has 0 bridgehead atoms. The Balaban J connectivity index is 1.98. The maximum absolute atomic E-state index is 11.7. The Labute approximate surface area is 115 Å². The number of ether oxygens (including phenoxy) is 1. The molecule has 1 aromatic carbocycles. The molecule has 2 aromatic rings. The van der Waals surface area contributed by atoms with E-state index in [1.165, 1.54) is 12.8 Å². The second-order valence-electron chi connectivity index (χ2n) is 4.96. The molecule has 1 aromatic heterocycles. The zero-order chi connectivity index (χ0) is 14.1. The molecule has 0 unspecified atom stereocenters. The van der Waals surface area contributed by atoms with Crippen LogP contribution in [0.15, 0.2) is 29.1 Å². The van der Waals surface area contributed by atoms with E-state index >= 15 is 0 Å². The molecule has 0 radical (unpaired) electrons. The van der Waals surface area contributed by atoms with Crippen LogP contribution in [0.5, 0.6) is 5.75 Å². The molecule has 1 aliphatic carbocycles. The number of hydrogen-bond donors (Lipinski definition) is 3. The SMILES string of the molecule is Nc1nc(-c2ccccc2OCC2CC2)[nH]c(=O)c1N. The van der Waals surface area contributed by atoms with Gasteiger partial charge in [0, 0.05) is 0 Å². The third kappa shape index (κ3) is 2.45. The molecule has 5 N–H and O–H groups in total. The lowest BCUT2D eigenvalue weighted by atomic mass is 10.2. The van der Waals surface area contributed by atoms with Crippen molar-refractivity contribution in [2.75, 3.05) is 18.1 Å². The van der Waals surface area contributed by atoms with Gasteiger partial charge in [-0.15, -0.1) is 0 Å². The number of anilines is 2. The van der Waals surface area contributed by atoms with Crippen LogP contribution in [0.1, 0.15) is 12.8 Å². The molecule has 1 aliphatic rings. The van der Waals surface area contributed by atoms with E-state index in [0.717, 1.165) is 0 Å². The van der Waals surface area contributed by atoms with Crippen molar-refractivity contribution >= 4 is 11.5 Å². The Morgan fingerprint density at radius 2 is 2.05 bits per heavy atom. The number of H-pyrrole nitrogens is 1. The quantitative estimate of drug-likeness (QED) is 0.779. The van der Waals surface area contributed by atoms with E-state index in [9.17, 15) is 4.79 Å². The van der Waals surface area contributed by atoms with E-state index in [0.29, 0.717) is 29.7 Å². The Kier molecular flexibility index (Phi) is 3.06. The van der Waals surface area contributed by atoms with Gasteiger partial charge >= 0.3 is 0 Å². The number of nitrogens with zero attached hydrogens (tertiary/aromatic N) is 1. The topological polar surface area (TPSA) is 107 Å². The smallest absolute Gasteiger partial charge is 0.276 e. The van der Waals surface area contributed by atoms with E-state index in [2.05, 4.69) is 9.97 Å². The van der Waals surface area contributed by atoms with Gasteiger partial charge in [0.1, 0.15) is 17.3 Å². The fourth-order valence-electron chi connectivity index (χ4n) is 1.91. The number of aromatic amines is 1. The molecular formula is C14H16N4O2. The number of aromatic nitrogens is 2. The second kappa shape index (κ2) is 4.88. The minimum atomic E-state index is -0.440. The molecule has 0 aliphatic heterocycles. The van der Waals surface area contributed by atoms with E-state index in [1.807, 2.05) is 24.3 Å². The average Bonchev–Trinajstić information content (AvgIpc) is 3.26. The van der Waals surface area contributed by atoms with Crippen LogP contribution in [0.25, 0.3) is 11.4 Å². The molecule has 0 amide bonds. The van der Waals surface area contributed by atoms with Gasteiger partial charge in [-0.25, -0.2) is 4.98 Å². The molecule has 1 saturated carbocycles. The highest BCUT2D eigenvalue weighted by Gasteiger charge is 2.22. The molecule has 6 heteroatoms. The van der Waals surface area contributed by atoms with Crippen LogP contribution in [0.2, 0.25) is 0 Å². The Hall–Kier alpha value is -2.50. The van der Waals surface area contributed by atoms with Gasteiger partial charge in [-0.05, 0) is 30.9 Å². The molecule has 0 atom stereocenters. The fourth-order valence-corrected chi connectivity index (χ4v) is 1.91. The van der Waals surface area contributed by atoms with Gasteiger partial charge in [-0.3, -0.25) is 4.79 Å². The van der Waals surface area contributed by atoms with Crippen molar-refractivity contribution in [3.8, 4) is 17.1 Å². The third-order valence-corrected chi connectivity index (χ3v) is 3.30. The number of nitrogens with one attached hydrogen (secondary N) is 1. The fraction of sp³-hybridized carbons (Fsp3) is 0.286. The number of para-hydroxylation sites is 1. The minimum absolute atomic E-state index is 0.0285. The average molecular weight is 272 g/mol. The van der Waals surface area contributed by atoms with Crippen LogP contribution in [0.3, 0.4) is 0 Å². The molecule has 3 rings (SSSR count). The van der Waals surface area contributed by atoms with Crippen molar-refractivity contribution < 1.29 is 4.74 Å². The van der Waals surface area contributed by atoms with Gasteiger partial charge in [0.25, 0.3) is 5.56 Å². The summed E-state index contributed by atoms with van der Waals surface area (Å²) in [6.07, 6.45) is 2.43. The van der Waals surface area contributed by atoms with Gasteiger partial charge < -0.3 is 21.2 Å². The van der Waals surface area contributed by atoms with Crippen LogP contribution in [-0.2, 0) is 0 Å². The molecule has 0 saturated heterocycles. The highest BCUT2D eigenvalue weighted by Crippen LogP contribution is 2.32. The van der Waals surface area contributed by atoms with Crippen molar-refractivity contribution in [2.45, 2.75) is 12.8 Å². The van der Waals surface area contributed by atoms with Gasteiger partial charge in [0.05, 0.1) is 12.2 Å². The summed E-state index contributed by atoms with van der Waals surface area (Å²) in [6.45, 7) is 0.686. The Bertz CT molecular complexity index is 692. The molecule has 0 spiro atoms. The second-order valence-corrected chi connectivity index (χ2v) is 4.96. The molecule has 104 valence electrons. The largest absolute Gasteiger partial charge is 0.493 e. The number of nitrogens with two attached hydrogens (primary N) is 2. The van der Waals surface area contributed by atoms with Crippen LogP contribution in [0, 0.1) is 5.92 Å². The van der Waals surface area contributed by atoms with Gasteiger partial charge in [0.2, 0.25) is 0 Å². The predicted molar refractivity (Wildman–Crippen MR) is 77.3 cm³/mol. The summed E-state index contributed by atoms with van der Waals surface area (Å²) >= 11 is 0. The van der Waals surface area contributed by atoms with E-state index in [1.54, 1.807) is 0 Å². The van der Waals surface area contributed by atoms with Crippen molar-refractivity contribution in [3.63, 3.8) is 0 Å². The summed E-state index contributed by atoms with van der Waals surface area (Å²) in [6, 6.07) is 7.41. The first kappa shape index (κ1) is 12.5. The Morgan fingerprint density at radius 3 is 2.75 bits per heavy atom. The first-order valence-electron chi connectivity index (χ1n) is 6.52. The van der Waals surface area contributed by atoms with Crippen LogP contribution >= 0.6 is 0 Å². The lowest BCUT2D eigenvalue weighted by Gasteiger charge is -2.11. The summed E-state index contributed by atoms with van der Waals surface area (Å²) in [5.74, 6) is 1.73. The van der Waals surface area contributed by atoms with Gasteiger partial charge in [0.15, 0.2) is 5.82 Å². The minimum Gasteiger partial charge on any atom is -0.493 e. The lowest BCUT2D eigenvalue weighted by Crippen LogP contribution is -2.17. The third-order valence-electron chi connectivity index (χ3n) is 3.30. The number of rotatable bonds is 4. The lowest BCUT2D eigenvalue weighted by molar-refractivity contribution is 0.301. The van der Waals surface area contributed by atoms with E-state index in [-0.39, 0.29) is 11.5 Å². The zero-order valence-electron chi connectivity index (χ0n) is 10.9. The molecule has 1 heterocycles. The molecule has 6 nitrogen and oxygen atoms in total. The van der Waals surface area contributed by atoms with E-state index < -0.39 is 5.56 Å². The molecular weight excluding hydrogens is 256 g/mol. The van der Waals surface area contributed by atoms with Gasteiger partial charge in [-0.2, -0.15) is 0 Å². The predicted octanol–water partition coefficient (Wildman–Crippen LogP) is 1.39. The van der Waals surface area contributed by atoms with Crippen LogP contribution < -0.4 is 21.8 Å². The maximum Gasteiger partial charge on any atom is 0.276 e. The Morgan fingerprint density at radius 1 is 1.30 bits per heavy atom. The summed E-state index contributed by atoms with van der Waals surface area (Å²) < 4.78 is 5.79. The summed E-state index contributed by atoms with van der Waals surface area (Å²) in [5.41, 5.74) is 11.4. The molecule has 20 heavy (non-hydrogen) atoms. The summed E-state index contributed by atoms with van der Waals surface area (Å²) in [4.78, 5) is 18.4. The zero-order valence-corrected chi connectivity index (χ0v) is 10.9. The van der Waals surface area contributed by atoms with E-state index in [4.69, 9.17) is 16.2 Å². The number of nitrogen functional groups attached to an aromatic ring is 2. The summed E-state index contributed by atoms with van der Waals surface area (Å²) in [5, 5.41) is 0. The first-order chi connectivity index (χ1) is 9.65. The van der Waals surface area contributed by atoms with Crippen molar-refractivity contribution in [1.82, 2.24) is 9.97 Å². The van der Waals surface area contributed by atoms with Gasteiger partial charge in [-0.1, -0.05) is 12.1 Å². The van der Waals surface area contributed by atoms with Crippen LogP contribution in [-0.4, -0.2) is 16.6 Å². The molecule has 1 fully saturated rings. The number of hydrogen-bond acceptors (Lipinski definition) is 5. The van der Waals surface area contributed by atoms with Crippen molar-refractivity contribution in [3.05, 3.63) is 34.6 Å². The monoisotopic (exact) mass is 272 g/mol. The number of benzene rings is 1. The van der Waals surface area contributed by atoms with Crippen molar-refractivity contribution in [1.29, 1.82) is 0 Å². The standard InChI is InChI=1S/C14H16N4O2/c15-11-12(16)17-13(18-14(11)19)9-3-1-2-4-10(9)20-7-8-5-6-8/h1-4,8H,5-7,15H2,(H3,16,17,18,19).